The van der Waals surface area contributed by atoms with Crippen LogP contribution in [0.2, 0.25) is 0 Å². The molecule has 2 aromatic rings. The molecule has 0 saturated carbocycles. The van der Waals surface area contributed by atoms with E-state index in [-0.39, 0.29) is 5.78 Å². The van der Waals surface area contributed by atoms with E-state index in [1.807, 2.05) is 23.6 Å². The standard InChI is InChI=1S/C10H8O2S/c11-6-9(12)7-2-1-3-10-8(7)4-5-13-10/h1-5,11H,6H2. The molecule has 0 fully saturated rings. The Bertz CT molecular complexity index is 445. The van der Waals surface area contributed by atoms with E-state index >= 15 is 0 Å². The van der Waals surface area contributed by atoms with Crippen molar-refractivity contribution in [2.45, 2.75) is 0 Å². The van der Waals surface area contributed by atoms with Gasteiger partial charge < -0.3 is 5.11 Å². The van der Waals surface area contributed by atoms with Crippen molar-refractivity contribution in [3.63, 3.8) is 0 Å². The van der Waals surface area contributed by atoms with E-state index in [9.17, 15) is 4.79 Å². The molecular formula is C10H8O2S. The van der Waals surface area contributed by atoms with Gasteiger partial charge in [0, 0.05) is 15.6 Å². The first kappa shape index (κ1) is 8.41. The Hall–Kier alpha value is -1.19. The maximum absolute atomic E-state index is 11.3. The van der Waals surface area contributed by atoms with Gasteiger partial charge in [-0.1, -0.05) is 12.1 Å². The van der Waals surface area contributed by atoms with Gasteiger partial charge in [0.1, 0.15) is 6.61 Å². The van der Waals surface area contributed by atoms with Crippen molar-refractivity contribution in [1.29, 1.82) is 0 Å². The van der Waals surface area contributed by atoms with E-state index in [1.165, 1.54) is 0 Å². The van der Waals surface area contributed by atoms with Crippen LogP contribution in [0.5, 0.6) is 0 Å². The molecule has 1 N–H and O–H groups in total. The molecule has 1 aromatic heterocycles. The van der Waals surface area contributed by atoms with Crippen LogP contribution in [0, 0.1) is 0 Å². The lowest BCUT2D eigenvalue weighted by Crippen LogP contribution is -2.03. The van der Waals surface area contributed by atoms with Crippen LogP contribution in [0.25, 0.3) is 10.1 Å². The van der Waals surface area contributed by atoms with Crippen LogP contribution < -0.4 is 0 Å². The molecule has 0 aliphatic rings. The molecule has 0 spiro atoms. The highest BCUT2D eigenvalue weighted by molar-refractivity contribution is 7.17. The Morgan fingerprint density at radius 2 is 2.23 bits per heavy atom. The molecule has 1 heterocycles. The zero-order valence-electron chi connectivity index (χ0n) is 6.86. The predicted molar refractivity (Wildman–Crippen MR) is 53.2 cm³/mol. The summed E-state index contributed by atoms with van der Waals surface area (Å²) >= 11 is 1.60. The SMILES string of the molecule is O=C(CO)c1cccc2sccc12. The van der Waals surface area contributed by atoms with Gasteiger partial charge >= 0.3 is 0 Å². The van der Waals surface area contributed by atoms with E-state index in [4.69, 9.17) is 5.11 Å². The van der Waals surface area contributed by atoms with Crippen molar-refractivity contribution in [3.8, 4) is 0 Å². The van der Waals surface area contributed by atoms with Gasteiger partial charge in [0.25, 0.3) is 0 Å². The van der Waals surface area contributed by atoms with Crippen molar-refractivity contribution in [1.82, 2.24) is 0 Å². The third kappa shape index (κ3) is 1.36. The highest BCUT2D eigenvalue weighted by Crippen LogP contribution is 2.24. The van der Waals surface area contributed by atoms with Crippen molar-refractivity contribution in [2.75, 3.05) is 6.61 Å². The number of ketones is 1. The zero-order chi connectivity index (χ0) is 9.26. The molecule has 3 heteroatoms. The van der Waals surface area contributed by atoms with Gasteiger partial charge in [-0.25, -0.2) is 0 Å². The number of hydrogen-bond donors (Lipinski definition) is 1. The minimum atomic E-state index is -0.422. The summed E-state index contributed by atoms with van der Waals surface area (Å²) in [6.07, 6.45) is 0. The van der Waals surface area contributed by atoms with Gasteiger partial charge in [-0.3, -0.25) is 4.79 Å². The fourth-order valence-corrected chi connectivity index (χ4v) is 2.14. The number of fused-ring (bicyclic) bond motifs is 1. The molecule has 13 heavy (non-hydrogen) atoms. The second-order valence-electron chi connectivity index (χ2n) is 2.72. The van der Waals surface area contributed by atoms with Crippen LogP contribution in [0.15, 0.2) is 29.6 Å². The summed E-state index contributed by atoms with van der Waals surface area (Å²) in [6, 6.07) is 7.45. The van der Waals surface area contributed by atoms with Gasteiger partial charge in [0.2, 0.25) is 0 Å². The van der Waals surface area contributed by atoms with Crippen molar-refractivity contribution in [2.24, 2.45) is 0 Å². The average molecular weight is 192 g/mol. The topological polar surface area (TPSA) is 37.3 Å². The molecule has 0 unspecified atom stereocenters. The number of carbonyl (C=O) groups excluding carboxylic acids is 1. The Kier molecular flexibility index (Phi) is 2.12. The molecule has 0 amide bonds. The highest BCUT2D eigenvalue weighted by Gasteiger charge is 2.08. The first-order valence-corrected chi connectivity index (χ1v) is 4.81. The minimum Gasteiger partial charge on any atom is -0.388 e. The normalized spacial score (nSPS) is 10.5. The first-order valence-electron chi connectivity index (χ1n) is 3.93. The number of carbonyl (C=O) groups is 1. The molecule has 1 aromatic carbocycles. The van der Waals surface area contributed by atoms with Gasteiger partial charge in [0.15, 0.2) is 5.78 Å². The third-order valence-electron chi connectivity index (χ3n) is 1.94. The molecule has 0 atom stereocenters. The Morgan fingerprint density at radius 3 is 3.00 bits per heavy atom. The summed E-state index contributed by atoms with van der Waals surface area (Å²) in [7, 11) is 0. The number of rotatable bonds is 2. The lowest BCUT2D eigenvalue weighted by molar-refractivity contribution is 0.0905. The number of aliphatic hydroxyl groups is 1. The lowest BCUT2D eigenvalue weighted by atomic mass is 10.1. The number of benzene rings is 1. The van der Waals surface area contributed by atoms with Crippen LogP contribution in [0.1, 0.15) is 10.4 Å². The van der Waals surface area contributed by atoms with Crippen LogP contribution in [-0.4, -0.2) is 17.5 Å². The van der Waals surface area contributed by atoms with Crippen molar-refractivity contribution < 1.29 is 9.90 Å². The van der Waals surface area contributed by atoms with Crippen LogP contribution in [0.3, 0.4) is 0 Å². The third-order valence-corrected chi connectivity index (χ3v) is 2.82. The van der Waals surface area contributed by atoms with E-state index in [1.54, 1.807) is 17.4 Å². The molecule has 0 saturated heterocycles. The quantitative estimate of drug-likeness (QED) is 0.739. The summed E-state index contributed by atoms with van der Waals surface area (Å²) in [6.45, 7) is -0.422. The molecular weight excluding hydrogens is 184 g/mol. The summed E-state index contributed by atoms with van der Waals surface area (Å²) in [5.41, 5.74) is 0.612. The Morgan fingerprint density at radius 1 is 1.38 bits per heavy atom. The van der Waals surface area contributed by atoms with Gasteiger partial charge in [0.05, 0.1) is 0 Å². The van der Waals surface area contributed by atoms with Crippen LogP contribution >= 0.6 is 11.3 Å². The number of aliphatic hydroxyl groups excluding tert-OH is 1. The second-order valence-corrected chi connectivity index (χ2v) is 3.67. The van der Waals surface area contributed by atoms with E-state index in [0.29, 0.717) is 5.56 Å². The fourth-order valence-electron chi connectivity index (χ4n) is 1.32. The maximum atomic E-state index is 11.3. The second kappa shape index (κ2) is 3.28. The fraction of sp³-hybridized carbons (Fsp3) is 0.100. The largest absolute Gasteiger partial charge is 0.388 e. The number of thiophene rings is 1. The molecule has 2 nitrogen and oxygen atoms in total. The summed E-state index contributed by atoms with van der Waals surface area (Å²) < 4.78 is 1.08. The lowest BCUT2D eigenvalue weighted by Gasteiger charge is -1.98. The average Bonchev–Trinajstić information content (AvgIpc) is 2.63. The van der Waals surface area contributed by atoms with E-state index in [0.717, 1.165) is 10.1 Å². The Labute approximate surface area is 79.4 Å². The summed E-state index contributed by atoms with van der Waals surface area (Å²) in [5.74, 6) is -0.219. The Balaban J connectivity index is 2.67. The van der Waals surface area contributed by atoms with E-state index in [2.05, 4.69) is 0 Å². The van der Waals surface area contributed by atoms with Crippen molar-refractivity contribution >= 4 is 27.2 Å². The van der Waals surface area contributed by atoms with E-state index < -0.39 is 6.61 Å². The predicted octanol–water partition coefficient (Wildman–Crippen LogP) is 2.08. The summed E-state index contributed by atoms with van der Waals surface area (Å²) in [5, 5.41) is 11.6. The molecule has 0 aliphatic carbocycles. The maximum Gasteiger partial charge on any atom is 0.188 e. The van der Waals surface area contributed by atoms with Gasteiger partial charge in [-0.15, -0.1) is 11.3 Å². The van der Waals surface area contributed by atoms with Crippen LogP contribution in [0.4, 0.5) is 0 Å². The van der Waals surface area contributed by atoms with Crippen molar-refractivity contribution in [3.05, 3.63) is 35.2 Å². The molecule has 2 rings (SSSR count). The first-order chi connectivity index (χ1) is 6.33. The molecule has 0 radical (unpaired) electrons. The molecule has 0 bridgehead atoms. The van der Waals surface area contributed by atoms with Crippen LogP contribution in [-0.2, 0) is 0 Å². The van der Waals surface area contributed by atoms with Gasteiger partial charge in [-0.2, -0.15) is 0 Å². The monoisotopic (exact) mass is 192 g/mol. The number of hydrogen-bond acceptors (Lipinski definition) is 3. The zero-order valence-corrected chi connectivity index (χ0v) is 7.67. The summed E-state index contributed by atoms with van der Waals surface area (Å²) in [4.78, 5) is 11.3. The minimum absolute atomic E-state index is 0.219. The van der Waals surface area contributed by atoms with Gasteiger partial charge in [-0.05, 0) is 17.5 Å². The highest BCUT2D eigenvalue weighted by atomic mass is 32.1. The molecule has 66 valence electrons. The molecule has 0 aliphatic heterocycles. The smallest absolute Gasteiger partial charge is 0.188 e. The number of Topliss-reactive ketones (excluding diaryl/α,β-unsaturated/α-hetero) is 1.